The molecule has 4 rings (SSSR count). The molecule has 0 radical (unpaired) electrons. The number of halogens is 4. The van der Waals surface area contributed by atoms with Gasteiger partial charge in [0.25, 0.3) is 5.56 Å². The minimum atomic E-state index is -4.54. The van der Waals surface area contributed by atoms with Crippen molar-refractivity contribution in [1.29, 1.82) is 0 Å². The van der Waals surface area contributed by atoms with E-state index in [1.165, 1.54) is 12.1 Å². The first-order valence-corrected chi connectivity index (χ1v) is 9.99. The number of alkyl halides is 3. The van der Waals surface area contributed by atoms with Crippen molar-refractivity contribution in [2.45, 2.75) is 56.2 Å². The summed E-state index contributed by atoms with van der Waals surface area (Å²) in [5, 5.41) is 2.50. The van der Waals surface area contributed by atoms with Crippen LogP contribution in [0.2, 0.25) is 5.02 Å². The van der Waals surface area contributed by atoms with Crippen molar-refractivity contribution in [3.05, 3.63) is 68.1 Å². The van der Waals surface area contributed by atoms with Crippen LogP contribution in [-0.4, -0.2) is 16.9 Å². The highest BCUT2D eigenvalue weighted by Gasteiger charge is 2.34. The maximum absolute atomic E-state index is 13.1. The number of amides is 1. The molecule has 154 valence electrons. The zero-order valence-electron chi connectivity index (χ0n) is 15.5. The summed E-state index contributed by atoms with van der Waals surface area (Å²) in [6.07, 6.45) is -1.02. The topological polar surface area (TPSA) is 62.0 Å². The van der Waals surface area contributed by atoms with Crippen LogP contribution in [0.25, 0.3) is 0 Å². The molecule has 8 heteroatoms. The fourth-order valence-electron chi connectivity index (χ4n) is 3.98. The Labute approximate surface area is 170 Å². The Hall–Kier alpha value is -2.28. The largest absolute Gasteiger partial charge is 0.417 e. The minimum Gasteiger partial charge on any atom is -0.353 e. The van der Waals surface area contributed by atoms with Gasteiger partial charge in [-0.2, -0.15) is 13.2 Å². The van der Waals surface area contributed by atoms with Gasteiger partial charge in [-0.3, -0.25) is 9.59 Å². The van der Waals surface area contributed by atoms with E-state index >= 15 is 0 Å². The van der Waals surface area contributed by atoms with Crippen LogP contribution in [-0.2, 0) is 11.0 Å². The predicted octanol–water partition coefficient (Wildman–Crippen LogP) is 4.73. The molecule has 2 N–H and O–H groups in total. The molecule has 1 saturated carbocycles. The first-order valence-electron chi connectivity index (χ1n) is 9.61. The van der Waals surface area contributed by atoms with E-state index in [0.29, 0.717) is 36.4 Å². The highest BCUT2D eigenvalue weighted by molar-refractivity contribution is 6.31. The van der Waals surface area contributed by atoms with Crippen LogP contribution in [0.1, 0.15) is 66.3 Å². The Kier molecular flexibility index (Phi) is 5.19. The van der Waals surface area contributed by atoms with Gasteiger partial charge in [0.05, 0.1) is 10.6 Å². The van der Waals surface area contributed by atoms with E-state index in [2.05, 4.69) is 10.3 Å². The van der Waals surface area contributed by atoms with Gasteiger partial charge >= 0.3 is 6.18 Å². The van der Waals surface area contributed by atoms with Gasteiger partial charge in [-0.05, 0) is 55.4 Å². The van der Waals surface area contributed by atoms with Crippen molar-refractivity contribution in [3.8, 4) is 0 Å². The standard InChI is InChI=1S/C21H20ClF3N2O2/c22-17-9-12(3-6-16(17)21(23,24)25)15(10-13-4-8-19(28)26-13)18-7-5-14(11-1-2-11)20(29)27-18/h3,5-7,9,11,13,15H,1-2,4,8,10H2,(H,26,28)(H,27,29)/t13-,15?/m1/s1. The number of aromatic amines is 1. The number of H-pyrrole nitrogens is 1. The number of hydrogen-bond donors (Lipinski definition) is 2. The third-order valence-electron chi connectivity index (χ3n) is 5.66. The lowest BCUT2D eigenvalue weighted by molar-refractivity contribution is -0.137. The summed E-state index contributed by atoms with van der Waals surface area (Å²) in [5.41, 5.74) is 0.861. The average molecular weight is 425 g/mol. The predicted molar refractivity (Wildman–Crippen MR) is 103 cm³/mol. The number of aromatic nitrogens is 1. The molecule has 0 spiro atoms. The smallest absolute Gasteiger partial charge is 0.353 e. The number of carbonyl (C=O) groups is 1. The lowest BCUT2D eigenvalue weighted by Gasteiger charge is -2.22. The van der Waals surface area contributed by atoms with Crippen LogP contribution >= 0.6 is 11.6 Å². The van der Waals surface area contributed by atoms with Gasteiger partial charge < -0.3 is 10.3 Å². The lowest BCUT2D eigenvalue weighted by Crippen LogP contribution is -2.28. The van der Waals surface area contributed by atoms with E-state index in [9.17, 15) is 22.8 Å². The third kappa shape index (κ3) is 4.34. The van der Waals surface area contributed by atoms with Crippen LogP contribution in [0.4, 0.5) is 13.2 Å². The Morgan fingerprint density at radius 1 is 1.10 bits per heavy atom. The maximum atomic E-state index is 13.1. The second-order valence-corrected chi connectivity index (χ2v) is 8.21. The van der Waals surface area contributed by atoms with E-state index in [0.717, 1.165) is 24.5 Å². The molecule has 2 atom stereocenters. The Morgan fingerprint density at radius 2 is 1.86 bits per heavy atom. The lowest BCUT2D eigenvalue weighted by atomic mass is 9.87. The summed E-state index contributed by atoms with van der Waals surface area (Å²) in [4.78, 5) is 27.0. The van der Waals surface area contributed by atoms with Crippen molar-refractivity contribution in [2.24, 2.45) is 0 Å². The van der Waals surface area contributed by atoms with Crippen LogP contribution < -0.4 is 10.9 Å². The van der Waals surface area contributed by atoms with Gasteiger partial charge in [0.2, 0.25) is 5.91 Å². The third-order valence-corrected chi connectivity index (χ3v) is 5.97. The molecule has 1 aliphatic heterocycles. The van der Waals surface area contributed by atoms with Crippen molar-refractivity contribution in [3.63, 3.8) is 0 Å². The zero-order chi connectivity index (χ0) is 20.8. The van der Waals surface area contributed by atoms with Gasteiger partial charge in [0.15, 0.2) is 0 Å². The van der Waals surface area contributed by atoms with E-state index < -0.39 is 11.7 Å². The molecule has 2 heterocycles. The average Bonchev–Trinajstić information content (AvgIpc) is 3.40. The molecule has 29 heavy (non-hydrogen) atoms. The second-order valence-electron chi connectivity index (χ2n) is 7.80. The van der Waals surface area contributed by atoms with Crippen LogP contribution in [0.3, 0.4) is 0 Å². The normalized spacial score (nSPS) is 20.6. The van der Waals surface area contributed by atoms with Crippen LogP contribution in [0.15, 0.2) is 35.1 Å². The SMILES string of the molecule is O=C1CC[C@H](CC(c2ccc(C(F)(F)F)c(Cl)c2)c2ccc(C3CC3)c(=O)[nH]2)N1. The van der Waals surface area contributed by atoms with E-state index in [4.69, 9.17) is 11.6 Å². The molecule has 0 bridgehead atoms. The Balaban J connectivity index is 1.70. The molecule has 1 amide bonds. The molecule has 4 nitrogen and oxygen atoms in total. The summed E-state index contributed by atoms with van der Waals surface area (Å²) in [6, 6.07) is 7.18. The first kappa shape index (κ1) is 20.0. The quantitative estimate of drug-likeness (QED) is 0.729. The molecular formula is C21H20ClF3N2O2. The van der Waals surface area contributed by atoms with Gasteiger partial charge in [-0.1, -0.05) is 23.7 Å². The minimum absolute atomic E-state index is 0.0447. The molecule has 1 saturated heterocycles. The number of hydrogen-bond acceptors (Lipinski definition) is 2. The molecule has 1 aromatic carbocycles. The van der Waals surface area contributed by atoms with E-state index in [-0.39, 0.29) is 28.4 Å². The van der Waals surface area contributed by atoms with Gasteiger partial charge in [0.1, 0.15) is 0 Å². The number of rotatable bonds is 5. The number of carbonyl (C=O) groups excluding carboxylic acids is 1. The Bertz CT molecular complexity index is 998. The highest BCUT2D eigenvalue weighted by atomic mass is 35.5. The highest BCUT2D eigenvalue weighted by Crippen LogP contribution is 2.40. The van der Waals surface area contributed by atoms with Crippen LogP contribution in [0.5, 0.6) is 0 Å². The summed E-state index contributed by atoms with van der Waals surface area (Å²) < 4.78 is 39.2. The van der Waals surface area contributed by atoms with Crippen molar-refractivity contribution < 1.29 is 18.0 Å². The molecule has 1 unspecified atom stereocenters. The van der Waals surface area contributed by atoms with Gasteiger partial charge in [-0.25, -0.2) is 0 Å². The van der Waals surface area contributed by atoms with Gasteiger partial charge in [0, 0.05) is 29.6 Å². The van der Waals surface area contributed by atoms with Crippen molar-refractivity contribution in [1.82, 2.24) is 10.3 Å². The molecular weight excluding hydrogens is 405 g/mol. The van der Waals surface area contributed by atoms with Crippen molar-refractivity contribution in [2.75, 3.05) is 0 Å². The molecule has 2 aliphatic rings. The number of benzene rings is 1. The molecule has 1 aliphatic carbocycles. The number of nitrogens with one attached hydrogen (secondary N) is 2. The fraction of sp³-hybridized carbons (Fsp3) is 0.429. The first-order chi connectivity index (χ1) is 13.7. The van der Waals surface area contributed by atoms with E-state index in [1.54, 1.807) is 6.07 Å². The summed E-state index contributed by atoms with van der Waals surface area (Å²) in [5.74, 6) is -0.142. The monoisotopic (exact) mass is 424 g/mol. The summed E-state index contributed by atoms with van der Waals surface area (Å²) in [6.45, 7) is 0. The number of pyridine rings is 1. The second kappa shape index (κ2) is 7.52. The fourth-order valence-corrected chi connectivity index (χ4v) is 4.27. The molecule has 2 aromatic rings. The summed E-state index contributed by atoms with van der Waals surface area (Å²) in [7, 11) is 0. The zero-order valence-corrected chi connectivity index (χ0v) is 16.2. The summed E-state index contributed by atoms with van der Waals surface area (Å²) >= 11 is 5.93. The molecule has 2 fully saturated rings. The van der Waals surface area contributed by atoms with E-state index in [1.807, 2.05) is 6.07 Å². The maximum Gasteiger partial charge on any atom is 0.417 e. The van der Waals surface area contributed by atoms with Crippen LogP contribution in [0, 0.1) is 0 Å². The molecule has 1 aromatic heterocycles. The van der Waals surface area contributed by atoms with Crippen molar-refractivity contribution >= 4 is 17.5 Å². The van der Waals surface area contributed by atoms with Gasteiger partial charge in [-0.15, -0.1) is 0 Å². The Morgan fingerprint density at radius 3 is 2.41 bits per heavy atom.